The van der Waals surface area contributed by atoms with Crippen molar-refractivity contribution in [1.82, 2.24) is 9.80 Å². The molecule has 1 aromatic rings. The quantitative estimate of drug-likeness (QED) is 0.806. The van der Waals surface area contributed by atoms with Crippen LogP contribution in [0.1, 0.15) is 63.0 Å². The molecule has 2 fully saturated rings. The number of unbranched alkanes of at least 4 members (excludes halogenated alkanes) is 1. The summed E-state index contributed by atoms with van der Waals surface area (Å²) in [7, 11) is 0. The highest BCUT2D eigenvalue weighted by Crippen LogP contribution is 2.26. The number of nitrogens with zero attached hydrogens (tertiary/aromatic N) is 2. The zero-order valence-electron chi connectivity index (χ0n) is 17.5. The number of aryl methyl sites for hydroxylation is 2. The minimum absolute atomic E-state index is 0.0610. The van der Waals surface area contributed by atoms with E-state index >= 15 is 0 Å². The highest BCUT2D eigenvalue weighted by Gasteiger charge is 2.29. The molecule has 0 spiro atoms. The minimum atomic E-state index is -0.0610. The van der Waals surface area contributed by atoms with Crippen LogP contribution in [0.5, 0.6) is 0 Å². The first kappa shape index (κ1) is 20.7. The molecule has 1 aliphatic heterocycles. The number of carbonyl (C=O) groups is 2. The standard InChI is InChI=1S/C23H35N3O2/c1-3-4-8-19-11-12-21(18(2)17-19)24-23(28)26-15-13-25(14-16-26)22(27)20-9-6-5-7-10-20/h11-12,17,20H,3-10,13-16H2,1-2H3,(H,24,28). The Hall–Kier alpha value is -2.04. The molecular formula is C23H35N3O2. The fourth-order valence-corrected chi connectivity index (χ4v) is 4.33. The van der Waals surface area contributed by atoms with Gasteiger partial charge in [0.2, 0.25) is 5.91 Å². The summed E-state index contributed by atoms with van der Waals surface area (Å²) in [6, 6.07) is 6.24. The third-order valence-electron chi connectivity index (χ3n) is 6.18. The number of piperazine rings is 1. The molecule has 0 bridgehead atoms. The van der Waals surface area contributed by atoms with Gasteiger partial charge in [-0.3, -0.25) is 4.79 Å². The van der Waals surface area contributed by atoms with E-state index in [1.807, 2.05) is 22.8 Å². The fourth-order valence-electron chi connectivity index (χ4n) is 4.33. The van der Waals surface area contributed by atoms with Crippen LogP contribution in [0.15, 0.2) is 18.2 Å². The minimum Gasteiger partial charge on any atom is -0.339 e. The Kier molecular flexibility index (Phi) is 7.35. The predicted molar refractivity (Wildman–Crippen MR) is 114 cm³/mol. The van der Waals surface area contributed by atoms with Crippen LogP contribution in [0.4, 0.5) is 10.5 Å². The number of urea groups is 1. The monoisotopic (exact) mass is 385 g/mol. The number of hydrogen-bond donors (Lipinski definition) is 1. The molecule has 2 aliphatic rings. The summed E-state index contributed by atoms with van der Waals surface area (Å²) in [5.74, 6) is 0.515. The fraction of sp³-hybridized carbons (Fsp3) is 0.652. The highest BCUT2D eigenvalue weighted by atomic mass is 16.2. The molecule has 5 heteroatoms. The molecule has 0 radical (unpaired) electrons. The first-order valence-corrected chi connectivity index (χ1v) is 11.0. The van der Waals surface area contributed by atoms with Gasteiger partial charge < -0.3 is 15.1 Å². The van der Waals surface area contributed by atoms with Crippen LogP contribution in [0.2, 0.25) is 0 Å². The normalized spacial score (nSPS) is 18.2. The van der Waals surface area contributed by atoms with E-state index in [4.69, 9.17) is 0 Å². The van der Waals surface area contributed by atoms with E-state index in [-0.39, 0.29) is 11.9 Å². The molecule has 1 saturated heterocycles. The maximum absolute atomic E-state index is 12.7. The molecule has 0 aromatic heterocycles. The van der Waals surface area contributed by atoms with Crippen molar-refractivity contribution in [3.63, 3.8) is 0 Å². The summed E-state index contributed by atoms with van der Waals surface area (Å²) < 4.78 is 0. The van der Waals surface area contributed by atoms with Crippen LogP contribution in [0, 0.1) is 12.8 Å². The number of anilines is 1. The van der Waals surface area contributed by atoms with Crippen LogP contribution >= 0.6 is 0 Å². The van der Waals surface area contributed by atoms with Gasteiger partial charge in [-0.15, -0.1) is 0 Å². The van der Waals surface area contributed by atoms with Crippen molar-refractivity contribution in [2.24, 2.45) is 5.92 Å². The molecule has 0 atom stereocenters. The Morgan fingerprint density at radius 2 is 1.71 bits per heavy atom. The zero-order chi connectivity index (χ0) is 19.9. The van der Waals surface area contributed by atoms with Crippen molar-refractivity contribution in [3.05, 3.63) is 29.3 Å². The van der Waals surface area contributed by atoms with Crippen LogP contribution in [0.25, 0.3) is 0 Å². The average molecular weight is 386 g/mol. The number of carbonyl (C=O) groups excluding carboxylic acids is 2. The molecule has 1 aliphatic carbocycles. The summed E-state index contributed by atoms with van der Waals surface area (Å²) in [5, 5.41) is 3.05. The Bertz CT molecular complexity index is 674. The molecule has 1 heterocycles. The van der Waals surface area contributed by atoms with E-state index in [0.717, 1.165) is 30.5 Å². The Balaban J connectivity index is 1.49. The van der Waals surface area contributed by atoms with E-state index < -0.39 is 0 Å². The number of nitrogens with one attached hydrogen (secondary N) is 1. The molecular weight excluding hydrogens is 350 g/mol. The maximum atomic E-state index is 12.7. The van der Waals surface area contributed by atoms with Crippen LogP contribution in [-0.4, -0.2) is 47.9 Å². The van der Waals surface area contributed by atoms with Crippen LogP contribution in [0.3, 0.4) is 0 Å². The summed E-state index contributed by atoms with van der Waals surface area (Å²) in [5.41, 5.74) is 3.31. The molecule has 3 rings (SSSR count). The zero-order valence-corrected chi connectivity index (χ0v) is 17.5. The van der Waals surface area contributed by atoms with Crippen molar-refractivity contribution < 1.29 is 9.59 Å². The third kappa shape index (κ3) is 5.27. The second-order valence-corrected chi connectivity index (χ2v) is 8.33. The summed E-state index contributed by atoms with van der Waals surface area (Å²) in [6.45, 7) is 6.76. The SMILES string of the molecule is CCCCc1ccc(NC(=O)N2CCN(C(=O)C3CCCCC3)CC2)c(C)c1. The van der Waals surface area contributed by atoms with Gasteiger partial charge in [0, 0.05) is 37.8 Å². The van der Waals surface area contributed by atoms with Crippen molar-refractivity contribution in [2.75, 3.05) is 31.5 Å². The molecule has 5 nitrogen and oxygen atoms in total. The lowest BCUT2D eigenvalue weighted by Crippen LogP contribution is -2.53. The largest absolute Gasteiger partial charge is 0.339 e. The van der Waals surface area contributed by atoms with Crippen molar-refractivity contribution in [1.29, 1.82) is 0 Å². The van der Waals surface area contributed by atoms with Crippen LogP contribution < -0.4 is 5.32 Å². The topological polar surface area (TPSA) is 52.7 Å². The molecule has 1 saturated carbocycles. The Morgan fingerprint density at radius 3 is 2.36 bits per heavy atom. The third-order valence-corrected chi connectivity index (χ3v) is 6.18. The van der Waals surface area contributed by atoms with Gasteiger partial charge in [0.15, 0.2) is 0 Å². The average Bonchev–Trinajstić information content (AvgIpc) is 2.74. The first-order chi connectivity index (χ1) is 13.6. The lowest BCUT2D eigenvalue weighted by Gasteiger charge is -2.37. The Morgan fingerprint density at radius 1 is 1.04 bits per heavy atom. The molecule has 154 valence electrons. The first-order valence-electron chi connectivity index (χ1n) is 11.0. The molecule has 1 aromatic carbocycles. The van der Waals surface area contributed by atoms with Crippen LogP contribution in [-0.2, 0) is 11.2 Å². The molecule has 1 N–H and O–H groups in total. The number of benzene rings is 1. The summed E-state index contributed by atoms with van der Waals surface area (Å²) in [6.07, 6.45) is 9.14. The van der Waals surface area contributed by atoms with E-state index in [1.165, 1.54) is 37.7 Å². The van der Waals surface area contributed by atoms with Gasteiger partial charge in [-0.25, -0.2) is 4.79 Å². The highest BCUT2D eigenvalue weighted by molar-refractivity contribution is 5.90. The van der Waals surface area contributed by atoms with E-state index in [0.29, 0.717) is 32.1 Å². The summed E-state index contributed by atoms with van der Waals surface area (Å²) >= 11 is 0. The number of hydrogen-bond acceptors (Lipinski definition) is 2. The van der Waals surface area contributed by atoms with Gasteiger partial charge in [0.05, 0.1) is 0 Å². The van der Waals surface area contributed by atoms with Gasteiger partial charge in [-0.05, 0) is 49.8 Å². The van der Waals surface area contributed by atoms with Gasteiger partial charge in [-0.2, -0.15) is 0 Å². The Labute approximate surface area is 169 Å². The molecule has 28 heavy (non-hydrogen) atoms. The molecule has 0 unspecified atom stereocenters. The second-order valence-electron chi connectivity index (χ2n) is 8.33. The summed E-state index contributed by atoms with van der Waals surface area (Å²) in [4.78, 5) is 29.1. The lowest BCUT2D eigenvalue weighted by molar-refractivity contribution is -0.138. The van der Waals surface area contributed by atoms with E-state index in [2.05, 4.69) is 24.4 Å². The van der Waals surface area contributed by atoms with Gasteiger partial charge >= 0.3 is 6.03 Å². The maximum Gasteiger partial charge on any atom is 0.321 e. The van der Waals surface area contributed by atoms with Crippen molar-refractivity contribution in [3.8, 4) is 0 Å². The van der Waals surface area contributed by atoms with Gasteiger partial charge in [0.25, 0.3) is 0 Å². The second kappa shape index (κ2) is 9.94. The van der Waals surface area contributed by atoms with E-state index in [1.54, 1.807) is 0 Å². The van der Waals surface area contributed by atoms with E-state index in [9.17, 15) is 9.59 Å². The van der Waals surface area contributed by atoms with Gasteiger partial charge in [-0.1, -0.05) is 44.7 Å². The number of rotatable bonds is 5. The van der Waals surface area contributed by atoms with Crippen molar-refractivity contribution >= 4 is 17.6 Å². The molecule has 3 amide bonds. The number of amides is 3. The van der Waals surface area contributed by atoms with Crippen molar-refractivity contribution in [2.45, 2.75) is 65.2 Å². The smallest absolute Gasteiger partial charge is 0.321 e. The van der Waals surface area contributed by atoms with Gasteiger partial charge in [0.1, 0.15) is 0 Å². The lowest BCUT2D eigenvalue weighted by atomic mass is 9.88. The predicted octanol–water partition coefficient (Wildman–Crippen LogP) is 4.59.